The second kappa shape index (κ2) is 7.60. The second-order valence-corrected chi connectivity index (χ2v) is 8.81. The van der Waals surface area contributed by atoms with Crippen LogP contribution in [0, 0.1) is 0 Å². The van der Waals surface area contributed by atoms with Crippen LogP contribution in [0.3, 0.4) is 0 Å². The maximum atomic E-state index is 10.4. The van der Waals surface area contributed by atoms with Crippen LogP contribution in [-0.4, -0.2) is 48.1 Å². The Morgan fingerprint density at radius 3 is 2.97 bits per heavy atom. The van der Waals surface area contributed by atoms with Crippen molar-refractivity contribution in [2.45, 2.75) is 24.9 Å². The van der Waals surface area contributed by atoms with E-state index >= 15 is 0 Å². The van der Waals surface area contributed by atoms with Gasteiger partial charge in [-0.15, -0.1) is 5.10 Å². The van der Waals surface area contributed by atoms with Crippen molar-refractivity contribution in [1.29, 1.82) is 0 Å². The van der Waals surface area contributed by atoms with E-state index in [1.165, 1.54) is 11.3 Å². The summed E-state index contributed by atoms with van der Waals surface area (Å²) in [5.74, 6) is -0.877. The van der Waals surface area contributed by atoms with Gasteiger partial charge < -0.3 is 15.7 Å². The van der Waals surface area contributed by atoms with Gasteiger partial charge in [0.05, 0.1) is 22.8 Å². The highest BCUT2D eigenvalue weighted by molar-refractivity contribution is 7.17. The lowest BCUT2D eigenvalue weighted by Crippen LogP contribution is -2.53. The summed E-state index contributed by atoms with van der Waals surface area (Å²) in [4.78, 5) is 19.2. The third-order valence-corrected chi connectivity index (χ3v) is 6.70. The molecule has 0 aliphatic carbocycles. The Kier molecular flexibility index (Phi) is 5.13. The molecule has 2 bridgehead atoms. The number of carbonyl (C=O) groups is 1. The maximum absolute atomic E-state index is 10.4. The lowest BCUT2D eigenvalue weighted by molar-refractivity contribution is -0.357. The Bertz CT molecular complexity index is 994. The molecule has 2 aliphatic rings. The van der Waals surface area contributed by atoms with Crippen molar-refractivity contribution in [1.82, 2.24) is 0 Å². The Morgan fingerprint density at radius 1 is 1.48 bits per heavy atom. The van der Waals surface area contributed by atoms with E-state index < -0.39 is 12.5 Å². The van der Waals surface area contributed by atoms with Crippen LogP contribution >= 0.6 is 22.9 Å². The third kappa shape index (κ3) is 3.77. The standard InChI is InChI=1S/C18H20ClN7O2S/c1-18-6-11(9-26(18)13-5-3-2-4-12(13)19)25(10-18)17-21-7-14(29-17)16(20)23-24-22-8-15(27)28/h2-5,7,11H,6,8-10H2,1H3,(H,27,28)(H2,20,22,23)/p+1/t11-,18-/m0/s1. The largest absolute Gasteiger partial charge is 0.480 e. The molecular weight excluding hydrogens is 414 g/mol. The van der Waals surface area contributed by atoms with Gasteiger partial charge in [-0.05, 0) is 35.6 Å². The number of piperazine rings is 1. The summed E-state index contributed by atoms with van der Waals surface area (Å²) < 4.78 is 0. The number of para-hydroxylation sites is 1. The van der Waals surface area contributed by atoms with Gasteiger partial charge in [0.25, 0.3) is 0 Å². The zero-order valence-corrected chi connectivity index (χ0v) is 17.3. The molecule has 2 fully saturated rings. The number of thiazole rings is 1. The highest BCUT2D eigenvalue weighted by Gasteiger charge is 2.57. The monoisotopic (exact) mass is 434 g/mol. The number of amidine groups is 1. The number of benzene rings is 1. The highest BCUT2D eigenvalue weighted by Crippen LogP contribution is 2.46. The number of rotatable bonds is 6. The van der Waals surface area contributed by atoms with Crippen molar-refractivity contribution in [2.24, 2.45) is 21.2 Å². The number of aliphatic carboxylic acids is 1. The Morgan fingerprint density at radius 2 is 2.28 bits per heavy atom. The quantitative estimate of drug-likeness (QED) is 0.312. The van der Waals surface area contributed by atoms with Crippen molar-refractivity contribution in [3.05, 3.63) is 40.4 Å². The molecule has 152 valence electrons. The molecule has 9 nitrogen and oxygen atoms in total. The Hall–Kier alpha value is -2.72. The number of halogens is 1. The van der Waals surface area contributed by atoms with Crippen LogP contribution in [0.1, 0.15) is 18.2 Å². The van der Waals surface area contributed by atoms with Gasteiger partial charge in [0.15, 0.2) is 12.4 Å². The molecule has 2 aromatic rings. The van der Waals surface area contributed by atoms with Gasteiger partial charge >= 0.3 is 11.1 Å². The number of H-pyrrole nitrogens is 1. The number of anilines is 2. The first-order valence-corrected chi connectivity index (χ1v) is 10.3. The molecule has 2 saturated heterocycles. The lowest BCUT2D eigenvalue weighted by atomic mass is 10.0. The number of nitrogens with one attached hydrogen (secondary N) is 1. The van der Waals surface area contributed by atoms with E-state index in [0.29, 0.717) is 6.04 Å². The number of hydrogen-bond acceptors (Lipinski definition) is 6. The molecule has 29 heavy (non-hydrogen) atoms. The Labute approximate surface area is 176 Å². The molecule has 0 unspecified atom stereocenters. The first-order chi connectivity index (χ1) is 13.9. The van der Waals surface area contributed by atoms with Crippen molar-refractivity contribution >= 4 is 45.6 Å². The van der Waals surface area contributed by atoms with E-state index in [1.807, 2.05) is 18.2 Å². The fourth-order valence-corrected chi connectivity index (χ4v) is 5.20. The average molecular weight is 435 g/mol. The molecule has 11 heteroatoms. The molecular formula is C18H21ClN7O2S+. The normalized spacial score (nSPS) is 24.1. The van der Waals surface area contributed by atoms with E-state index in [4.69, 9.17) is 22.4 Å². The smallest absolute Gasteiger partial charge is 0.334 e. The van der Waals surface area contributed by atoms with E-state index in [1.54, 1.807) is 6.20 Å². The van der Waals surface area contributed by atoms with Crippen molar-refractivity contribution in [2.75, 3.05) is 29.4 Å². The summed E-state index contributed by atoms with van der Waals surface area (Å²) >= 11 is 7.92. The van der Waals surface area contributed by atoms with E-state index in [-0.39, 0.29) is 11.4 Å². The van der Waals surface area contributed by atoms with Crippen LogP contribution in [-0.2, 0) is 4.79 Å². The first kappa shape index (κ1) is 19.6. The second-order valence-electron chi connectivity index (χ2n) is 7.37. The number of aromatic nitrogens is 1. The predicted octanol–water partition coefficient (Wildman–Crippen LogP) is 2.23. The van der Waals surface area contributed by atoms with Gasteiger partial charge in [0.2, 0.25) is 0 Å². The van der Waals surface area contributed by atoms with Crippen molar-refractivity contribution < 1.29 is 14.9 Å². The summed E-state index contributed by atoms with van der Waals surface area (Å²) in [7, 11) is 0. The van der Waals surface area contributed by atoms with E-state index in [0.717, 1.165) is 40.2 Å². The highest BCUT2D eigenvalue weighted by atomic mass is 35.5. The molecule has 2 atom stereocenters. The molecule has 1 aromatic heterocycles. The minimum absolute atomic E-state index is 0.00165. The SMILES string of the molecule is C[C@@]12C[C@@H](CN1c1ccccc1Cl)N(c1[nH+]cc(/C(N)=N/N=NCC(=O)O)s1)C2. The fourth-order valence-electron chi connectivity index (χ4n) is 4.04. The van der Waals surface area contributed by atoms with Gasteiger partial charge in [0.1, 0.15) is 23.7 Å². The topological polar surface area (TPSA) is 121 Å². The fraction of sp³-hybridized carbons (Fsp3) is 0.389. The minimum atomic E-state index is -1.07. The number of nitrogens with zero attached hydrogens (tertiary/aromatic N) is 5. The number of aromatic amines is 1. The number of fused-ring (bicyclic) bond motifs is 2. The summed E-state index contributed by atoms with van der Waals surface area (Å²) in [6.45, 7) is 3.60. The van der Waals surface area contributed by atoms with Crippen LogP contribution in [0.5, 0.6) is 0 Å². The van der Waals surface area contributed by atoms with E-state index in [2.05, 4.69) is 43.2 Å². The van der Waals surface area contributed by atoms with Crippen LogP contribution in [0.4, 0.5) is 10.8 Å². The van der Waals surface area contributed by atoms with E-state index in [9.17, 15) is 4.79 Å². The predicted molar refractivity (Wildman–Crippen MR) is 112 cm³/mol. The van der Waals surface area contributed by atoms with Gasteiger partial charge in [-0.1, -0.05) is 23.7 Å². The Balaban J connectivity index is 1.47. The van der Waals surface area contributed by atoms with Gasteiger partial charge in [0, 0.05) is 6.42 Å². The number of nitrogens with two attached hydrogens (primary N) is 1. The molecule has 0 amide bonds. The maximum Gasteiger partial charge on any atom is 0.334 e. The number of carboxylic acids is 1. The van der Waals surface area contributed by atoms with Gasteiger partial charge in [-0.25, -0.2) is 9.88 Å². The average Bonchev–Trinajstić information content (AvgIpc) is 3.37. The van der Waals surface area contributed by atoms with Crippen molar-refractivity contribution in [3.63, 3.8) is 0 Å². The molecule has 1 aromatic carbocycles. The molecule has 2 aliphatic heterocycles. The lowest BCUT2D eigenvalue weighted by Gasteiger charge is -2.38. The number of hydrogen-bond donors (Lipinski definition) is 2. The van der Waals surface area contributed by atoms with Crippen LogP contribution in [0.2, 0.25) is 5.02 Å². The molecule has 4 rings (SSSR count). The molecule has 0 radical (unpaired) electrons. The zero-order valence-electron chi connectivity index (χ0n) is 15.7. The molecule has 3 heterocycles. The molecule has 4 N–H and O–H groups in total. The van der Waals surface area contributed by atoms with Crippen LogP contribution in [0.25, 0.3) is 0 Å². The van der Waals surface area contributed by atoms with Gasteiger partial charge in [-0.2, -0.15) is 5.11 Å². The minimum Gasteiger partial charge on any atom is -0.480 e. The molecule has 0 saturated carbocycles. The van der Waals surface area contributed by atoms with Gasteiger partial charge in [-0.3, -0.25) is 4.79 Å². The summed E-state index contributed by atoms with van der Waals surface area (Å²) in [6, 6.07) is 8.34. The summed E-state index contributed by atoms with van der Waals surface area (Å²) in [5, 5.41) is 21.0. The summed E-state index contributed by atoms with van der Waals surface area (Å²) in [6.07, 6.45) is 2.83. The number of carboxylic acid groups (broad SMARTS) is 1. The molecule has 0 spiro atoms. The summed E-state index contributed by atoms with van der Waals surface area (Å²) in [5.41, 5.74) is 7.02. The van der Waals surface area contributed by atoms with Crippen LogP contribution < -0.4 is 20.5 Å². The first-order valence-electron chi connectivity index (χ1n) is 9.10. The van der Waals surface area contributed by atoms with Crippen LogP contribution in [0.15, 0.2) is 45.9 Å². The van der Waals surface area contributed by atoms with Crippen molar-refractivity contribution in [3.8, 4) is 0 Å². The third-order valence-electron chi connectivity index (χ3n) is 5.28. The zero-order chi connectivity index (χ0) is 20.6.